The quantitative estimate of drug-likeness (QED) is 0.180. The summed E-state index contributed by atoms with van der Waals surface area (Å²) in [4.78, 5) is 0. The third-order valence-corrected chi connectivity index (χ3v) is 7.29. The van der Waals surface area contributed by atoms with Crippen LogP contribution in [0.15, 0.2) is 18.2 Å². The monoisotopic (exact) mass is 454 g/mol. The summed E-state index contributed by atoms with van der Waals surface area (Å²) >= 11 is 2.68. The molecule has 1 aliphatic carbocycles. The van der Waals surface area contributed by atoms with E-state index in [4.69, 9.17) is 0 Å². The van der Waals surface area contributed by atoms with Crippen molar-refractivity contribution in [2.75, 3.05) is 0 Å². The van der Waals surface area contributed by atoms with Gasteiger partial charge < -0.3 is 0 Å². The summed E-state index contributed by atoms with van der Waals surface area (Å²) in [5, 5.41) is 0. The topological polar surface area (TPSA) is 0 Å². The van der Waals surface area contributed by atoms with Crippen molar-refractivity contribution in [1.82, 2.24) is 0 Å². The molecule has 0 heterocycles. The Morgan fingerprint density at radius 3 is 2.28 bits per heavy atom. The van der Waals surface area contributed by atoms with E-state index in [1.807, 2.05) is 0 Å². The second-order valence-electron chi connectivity index (χ2n) is 9.59. The van der Waals surface area contributed by atoms with E-state index in [9.17, 15) is 0 Å². The summed E-state index contributed by atoms with van der Waals surface area (Å²) in [6.07, 6.45) is 16.5. The average molecular weight is 454 g/mol. The van der Waals surface area contributed by atoms with Crippen molar-refractivity contribution in [3.05, 3.63) is 34.9 Å². The van der Waals surface area contributed by atoms with Crippen LogP contribution in [0.4, 0.5) is 0 Å². The van der Waals surface area contributed by atoms with E-state index >= 15 is 0 Å². The minimum absolute atomic E-state index is 0.492. The molecule has 0 N–H and O–H groups in total. The normalized spacial score (nSPS) is 16.2. The number of rotatable bonds is 11. The Morgan fingerprint density at radius 2 is 1.60 bits per heavy atom. The van der Waals surface area contributed by atoms with Gasteiger partial charge in [0.25, 0.3) is 0 Å². The average Bonchev–Trinajstić information content (AvgIpc) is 3.26. The van der Waals surface area contributed by atoms with Gasteiger partial charge in [0.1, 0.15) is 0 Å². The molecule has 0 saturated heterocycles. The fraction of sp³-hybridized carbons (Fsp3) is 0.750. The van der Waals surface area contributed by atoms with Crippen molar-refractivity contribution in [3.63, 3.8) is 0 Å². The van der Waals surface area contributed by atoms with E-state index in [0.717, 1.165) is 0 Å². The number of unbranched alkanes of at least 4 members (excludes halogenated alkanes) is 4. The summed E-state index contributed by atoms with van der Waals surface area (Å²) in [5.41, 5.74) is 5.13. The van der Waals surface area contributed by atoms with Gasteiger partial charge in [-0.05, 0) is 80.4 Å². The minimum Gasteiger partial charge on any atom is -0.0789 e. The Labute approximate surface area is 170 Å². The first kappa shape index (κ1) is 21.3. The van der Waals surface area contributed by atoms with E-state index in [1.54, 1.807) is 11.1 Å². The molecule has 0 spiro atoms. The van der Waals surface area contributed by atoms with Gasteiger partial charge in [-0.2, -0.15) is 0 Å². The molecule has 0 nitrogen and oxygen atoms in total. The molecular weight excluding hydrogens is 415 g/mol. The maximum absolute atomic E-state index is 2.68. The summed E-state index contributed by atoms with van der Waals surface area (Å²) < 4.78 is 0.710. The second kappa shape index (κ2) is 9.76. The molecule has 0 unspecified atom stereocenters. The van der Waals surface area contributed by atoms with Crippen LogP contribution in [0.5, 0.6) is 0 Å². The molecule has 1 fully saturated rings. The molecule has 1 heteroatoms. The largest absolute Gasteiger partial charge is 0.0789 e. The summed E-state index contributed by atoms with van der Waals surface area (Å²) in [6.45, 7) is 9.34. The van der Waals surface area contributed by atoms with Crippen LogP contribution >= 0.6 is 22.6 Å². The zero-order chi connectivity index (χ0) is 18.3. The van der Waals surface area contributed by atoms with Crippen LogP contribution in [0, 0.1) is 12.3 Å². The lowest BCUT2D eigenvalue weighted by molar-refractivity contribution is 0.358. The summed E-state index contributed by atoms with van der Waals surface area (Å²) in [6, 6.07) is 7.21. The molecule has 25 heavy (non-hydrogen) atoms. The molecule has 0 aliphatic heterocycles. The van der Waals surface area contributed by atoms with Crippen LogP contribution in [0.25, 0.3) is 0 Å². The maximum Gasteiger partial charge on any atom is 0.0223 e. The highest BCUT2D eigenvalue weighted by molar-refractivity contribution is 14.1. The predicted octanol–water partition coefficient (Wildman–Crippen LogP) is 8.21. The Balaban J connectivity index is 1.66. The fourth-order valence-corrected chi connectivity index (χ4v) is 4.28. The lowest BCUT2D eigenvalue weighted by atomic mass is 9.89. The van der Waals surface area contributed by atoms with Crippen LogP contribution in [0.3, 0.4) is 0 Å². The Morgan fingerprint density at radius 1 is 0.920 bits per heavy atom. The van der Waals surface area contributed by atoms with Gasteiger partial charge in [0.15, 0.2) is 0 Å². The van der Waals surface area contributed by atoms with Gasteiger partial charge in [0.05, 0.1) is 0 Å². The first-order chi connectivity index (χ1) is 11.8. The number of halogens is 1. The molecular formula is C24H39I. The highest BCUT2D eigenvalue weighted by atomic mass is 127. The van der Waals surface area contributed by atoms with Gasteiger partial charge in [-0.25, -0.2) is 0 Å². The van der Waals surface area contributed by atoms with E-state index in [-0.39, 0.29) is 0 Å². The van der Waals surface area contributed by atoms with Crippen molar-refractivity contribution in [2.24, 2.45) is 5.41 Å². The molecule has 1 saturated carbocycles. The van der Waals surface area contributed by atoms with Crippen molar-refractivity contribution in [3.8, 4) is 0 Å². The number of hydrogen-bond acceptors (Lipinski definition) is 0. The molecule has 0 aromatic heterocycles. The van der Waals surface area contributed by atoms with Gasteiger partial charge in [-0.3, -0.25) is 0 Å². The lowest BCUT2D eigenvalue weighted by Crippen LogP contribution is -2.04. The molecule has 1 aromatic carbocycles. The standard InChI is InChI=1S/C24H39I/c1-20-13-14-21(11-7-5-10-16-24(25)17-18-24)19-22(20)12-8-6-9-15-23(2,3)4/h13-14,19H,5-12,15-18H2,1-4H3. The minimum atomic E-state index is 0.492. The van der Waals surface area contributed by atoms with Gasteiger partial charge in [-0.1, -0.05) is 87.2 Å². The number of hydrogen-bond donors (Lipinski definition) is 0. The van der Waals surface area contributed by atoms with Crippen molar-refractivity contribution in [1.29, 1.82) is 0 Å². The molecule has 0 radical (unpaired) electrons. The molecule has 1 aliphatic rings. The Hall–Kier alpha value is -0.0500. The highest BCUT2D eigenvalue weighted by Gasteiger charge is 2.38. The van der Waals surface area contributed by atoms with Crippen LogP contribution in [0.1, 0.15) is 102 Å². The van der Waals surface area contributed by atoms with E-state index in [2.05, 4.69) is 68.5 Å². The van der Waals surface area contributed by atoms with Crippen molar-refractivity contribution in [2.45, 2.75) is 108 Å². The zero-order valence-corrected chi connectivity index (χ0v) is 19.3. The van der Waals surface area contributed by atoms with Crippen LogP contribution in [-0.4, -0.2) is 3.42 Å². The second-order valence-corrected chi connectivity index (χ2v) is 11.9. The van der Waals surface area contributed by atoms with E-state index in [1.165, 1.54) is 82.6 Å². The van der Waals surface area contributed by atoms with E-state index in [0.29, 0.717) is 8.84 Å². The van der Waals surface area contributed by atoms with Crippen LogP contribution in [-0.2, 0) is 12.8 Å². The number of benzene rings is 1. The predicted molar refractivity (Wildman–Crippen MR) is 121 cm³/mol. The smallest absolute Gasteiger partial charge is 0.0223 e. The third kappa shape index (κ3) is 8.93. The van der Waals surface area contributed by atoms with Gasteiger partial charge in [0.2, 0.25) is 0 Å². The summed E-state index contributed by atoms with van der Waals surface area (Å²) in [5.74, 6) is 0. The lowest BCUT2D eigenvalue weighted by Gasteiger charge is -2.17. The first-order valence-corrected chi connectivity index (χ1v) is 11.6. The van der Waals surface area contributed by atoms with Gasteiger partial charge >= 0.3 is 0 Å². The fourth-order valence-electron chi connectivity index (χ4n) is 3.63. The van der Waals surface area contributed by atoms with Crippen molar-refractivity contribution < 1.29 is 0 Å². The first-order valence-electron chi connectivity index (χ1n) is 10.5. The number of alkyl halides is 1. The summed E-state index contributed by atoms with van der Waals surface area (Å²) in [7, 11) is 0. The molecule has 2 rings (SSSR count). The van der Waals surface area contributed by atoms with Crippen LogP contribution in [0.2, 0.25) is 0 Å². The molecule has 142 valence electrons. The third-order valence-electron chi connectivity index (χ3n) is 5.67. The van der Waals surface area contributed by atoms with Gasteiger partial charge in [0, 0.05) is 3.42 Å². The van der Waals surface area contributed by atoms with Gasteiger partial charge in [-0.15, -0.1) is 0 Å². The molecule has 0 atom stereocenters. The Kier molecular flexibility index (Phi) is 8.30. The van der Waals surface area contributed by atoms with E-state index < -0.39 is 0 Å². The van der Waals surface area contributed by atoms with Crippen molar-refractivity contribution >= 4 is 22.6 Å². The molecule has 0 amide bonds. The SMILES string of the molecule is Cc1ccc(CCCCCC2(I)CC2)cc1CCCCCC(C)(C)C. The number of aryl methyl sites for hydroxylation is 3. The van der Waals surface area contributed by atoms with Crippen LogP contribution < -0.4 is 0 Å². The zero-order valence-electron chi connectivity index (χ0n) is 17.1. The highest BCUT2D eigenvalue weighted by Crippen LogP contribution is 2.48. The maximum atomic E-state index is 2.68. The molecule has 0 bridgehead atoms. The molecule has 1 aromatic rings. The Bertz CT molecular complexity index is 519.